The molecule has 2 aliphatic heterocycles. The summed E-state index contributed by atoms with van der Waals surface area (Å²) in [6.45, 7) is 12.1. The van der Waals surface area contributed by atoms with Crippen LogP contribution in [0.25, 0.3) is 0 Å². The van der Waals surface area contributed by atoms with Gasteiger partial charge in [-0.15, -0.1) is 0 Å². The summed E-state index contributed by atoms with van der Waals surface area (Å²) in [4.78, 5) is 0. The first-order valence-electron chi connectivity index (χ1n) is 6.02. The normalized spacial score (nSPS) is 30.0. The Hall–Kier alpha value is -0.120. The van der Waals surface area contributed by atoms with Crippen LogP contribution in [0, 0.1) is 0 Å². The molecular weight excluding hydrogens is 176 g/mol. The molecule has 0 aromatic heterocycles. The average Bonchev–Trinajstić information content (AvgIpc) is 2.34. The second kappa shape index (κ2) is 9.44. The molecule has 2 heterocycles. The van der Waals surface area contributed by atoms with Crippen LogP contribution in [-0.4, -0.2) is 38.4 Å². The third-order valence-corrected chi connectivity index (χ3v) is 2.27. The maximum Gasteiger partial charge on any atom is 0.0853 e. The fourth-order valence-electron chi connectivity index (χ4n) is 1.69. The van der Waals surface area contributed by atoms with Crippen molar-refractivity contribution in [2.24, 2.45) is 0 Å². The van der Waals surface area contributed by atoms with Gasteiger partial charge in [-0.05, 0) is 13.0 Å². The summed E-state index contributed by atoms with van der Waals surface area (Å²) in [5.74, 6) is 0. The molecule has 2 fully saturated rings. The molecule has 0 bridgehead atoms. The first-order chi connectivity index (χ1) is 6.97. The lowest BCUT2D eigenvalue weighted by atomic mass is 10.0. The molecule has 2 N–H and O–H groups in total. The molecule has 0 spiro atoms. The summed E-state index contributed by atoms with van der Waals surface area (Å²) in [5, 5.41) is 6.77. The van der Waals surface area contributed by atoms with Crippen molar-refractivity contribution in [1.82, 2.24) is 10.6 Å². The minimum absolute atomic E-state index is 0.433. The van der Waals surface area contributed by atoms with Crippen LogP contribution in [0.4, 0.5) is 0 Å². The van der Waals surface area contributed by atoms with Crippen molar-refractivity contribution in [2.45, 2.75) is 46.3 Å². The van der Waals surface area contributed by atoms with Crippen molar-refractivity contribution in [1.29, 1.82) is 0 Å². The highest BCUT2D eigenvalue weighted by molar-refractivity contribution is 4.86. The third-order valence-electron chi connectivity index (χ3n) is 2.27. The van der Waals surface area contributed by atoms with Crippen LogP contribution in [0.2, 0.25) is 0 Å². The number of hydrogen-bond acceptors (Lipinski definition) is 3. The van der Waals surface area contributed by atoms with Gasteiger partial charge in [-0.1, -0.05) is 27.7 Å². The lowest BCUT2D eigenvalue weighted by molar-refractivity contribution is -0.0152. The van der Waals surface area contributed by atoms with Gasteiger partial charge in [0.2, 0.25) is 0 Å². The molecule has 0 amide bonds. The first-order valence-corrected chi connectivity index (χ1v) is 6.02. The molecule has 0 aromatic rings. The van der Waals surface area contributed by atoms with Crippen molar-refractivity contribution >= 4 is 0 Å². The minimum Gasteiger partial charge on any atom is -0.374 e. The van der Waals surface area contributed by atoms with E-state index in [1.165, 1.54) is 6.42 Å². The zero-order chi connectivity index (χ0) is 10.8. The molecule has 2 unspecified atom stereocenters. The lowest BCUT2D eigenvalue weighted by Crippen LogP contribution is -2.56. The number of piperidine rings is 1. The summed E-state index contributed by atoms with van der Waals surface area (Å²) in [6, 6.07) is 0.620. The van der Waals surface area contributed by atoms with E-state index < -0.39 is 0 Å². The Bertz CT molecular complexity index is 93.9. The van der Waals surface area contributed by atoms with Gasteiger partial charge in [0.1, 0.15) is 0 Å². The van der Waals surface area contributed by atoms with Gasteiger partial charge in [0.25, 0.3) is 0 Å². The van der Waals surface area contributed by atoms with Crippen molar-refractivity contribution in [3.05, 3.63) is 0 Å². The molecule has 2 saturated heterocycles. The van der Waals surface area contributed by atoms with E-state index in [0.717, 1.165) is 26.2 Å². The van der Waals surface area contributed by atoms with E-state index in [1.807, 2.05) is 27.7 Å². The van der Waals surface area contributed by atoms with Gasteiger partial charge >= 0.3 is 0 Å². The topological polar surface area (TPSA) is 33.3 Å². The molecule has 2 aliphatic rings. The van der Waals surface area contributed by atoms with Crippen LogP contribution in [0.5, 0.6) is 0 Å². The standard InChI is InChI=1S/C7H14N2O.2C2H6/c1-2-8-5-7-6(1)9-3-4-10-7;2*1-2/h6-9H,1-5H2;2*1-2H3. The molecule has 0 saturated carbocycles. The Morgan fingerprint density at radius 1 is 1.07 bits per heavy atom. The summed E-state index contributed by atoms with van der Waals surface area (Å²) < 4.78 is 5.56. The quantitative estimate of drug-likeness (QED) is 0.623. The van der Waals surface area contributed by atoms with Crippen LogP contribution in [0.15, 0.2) is 0 Å². The molecule has 0 aliphatic carbocycles. The molecule has 0 radical (unpaired) electrons. The number of nitrogens with one attached hydrogen (secondary N) is 2. The molecule has 2 atom stereocenters. The van der Waals surface area contributed by atoms with Gasteiger partial charge in [0, 0.05) is 19.1 Å². The smallest absolute Gasteiger partial charge is 0.0853 e. The predicted octanol–water partition coefficient (Wildman–Crippen LogP) is 1.39. The minimum atomic E-state index is 0.433. The summed E-state index contributed by atoms with van der Waals surface area (Å²) in [5.41, 5.74) is 0. The lowest BCUT2D eigenvalue weighted by Gasteiger charge is -2.36. The van der Waals surface area contributed by atoms with Gasteiger partial charge < -0.3 is 15.4 Å². The largest absolute Gasteiger partial charge is 0.374 e. The Labute approximate surface area is 88.6 Å². The summed E-state index contributed by atoms with van der Waals surface area (Å²) >= 11 is 0. The van der Waals surface area contributed by atoms with Crippen molar-refractivity contribution in [3.63, 3.8) is 0 Å². The molecule has 14 heavy (non-hydrogen) atoms. The van der Waals surface area contributed by atoms with E-state index in [9.17, 15) is 0 Å². The Balaban J connectivity index is 0.000000379. The van der Waals surface area contributed by atoms with Gasteiger partial charge in [-0.25, -0.2) is 0 Å². The third kappa shape index (κ3) is 4.40. The second-order valence-electron chi connectivity index (χ2n) is 2.96. The van der Waals surface area contributed by atoms with Crippen LogP contribution in [0.1, 0.15) is 34.1 Å². The van der Waals surface area contributed by atoms with E-state index in [2.05, 4.69) is 10.6 Å². The number of fused-ring (bicyclic) bond motifs is 1. The van der Waals surface area contributed by atoms with Gasteiger partial charge in [0.15, 0.2) is 0 Å². The van der Waals surface area contributed by atoms with Crippen molar-refractivity contribution in [3.8, 4) is 0 Å². The van der Waals surface area contributed by atoms with Gasteiger partial charge in [-0.3, -0.25) is 0 Å². The zero-order valence-corrected chi connectivity index (χ0v) is 10.1. The maximum atomic E-state index is 5.56. The highest BCUT2D eigenvalue weighted by atomic mass is 16.5. The van der Waals surface area contributed by atoms with Crippen LogP contribution in [0.3, 0.4) is 0 Å². The van der Waals surface area contributed by atoms with E-state index >= 15 is 0 Å². The monoisotopic (exact) mass is 202 g/mol. The molecule has 0 aromatic carbocycles. The molecule has 86 valence electrons. The van der Waals surface area contributed by atoms with Crippen molar-refractivity contribution < 1.29 is 4.74 Å². The SMILES string of the molecule is C1CC2NCCOC2CN1.CC.CC. The number of hydrogen-bond donors (Lipinski definition) is 2. The zero-order valence-electron chi connectivity index (χ0n) is 10.1. The van der Waals surface area contributed by atoms with Crippen LogP contribution >= 0.6 is 0 Å². The molecule has 3 heteroatoms. The summed E-state index contributed by atoms with van der Waals surface area (Å²) in [6.07, 6.45) is 1.65. The first kappa shape index (κ1) is 13.9. The number of morpholine rings is 1. The number of ether oxygens (including phenoxy) is 1. The van der Waals surface area contributed by atoms with E-state index in [1.54, 1.807) is 0 Å². The Kier molecular flexibility index (Phi) is 9.35. The highest BCUT2D eigenvalue weighted by Crippen LogP contribution is 2.10. The summed E-state index contributed by atoms with van der Waals surface area (Å²) in [7, 11) is 0. The number of rotatable bonds is 0. The van der Waals surface area contributed by atoms with E-state index in [4.69, 9.17) is 4.74 Å². The van der Waals surface area contributed by atoms with E-state index in [0.29, 0.717) is 12.1 Å². The van der Waals surface area contributed by atoms with Crippen molar-refractivity contribution in [2.75, 3.05) is 26.2 Å². The second-order valence-corrected chi connectivity index (χ2v) is 2.96. The predicted molar refractivity (Wildman–Crippen MR) is 61.7 cm³/mol. The Morgan fingerprint density at radius 3 is 2.43 bits per heavy atom. The van der Waals surface area contributed by atoms with E-state index in [-0.39, 0.29) is 0 Å². The fraction of sp³-hybridized carbons (Fsp3) is 1.00. The van der Waals surface area contributed by atoms with Crippen LogP contribution < -0.4 is 10.6 Å². The Morgan fingerprint density at radius 2 is 1.79 bits per heavy atom. The van der Waals surface area contributed by atoms with Gasteiger partial charge in [0.05, 0.1) is 12.7 Å². The maximum absolute atomic E-state index is 5.56. The fourth-order valence-corrected chi connectivity index (χ4v) is 1.69. The average molecular weight is 202 g/mol. The van der Waals surface area contributed by atoms with Crippen LogP contribution in [-0.2, 0) is 4.74 Å². The highest BCUT2D eigenvalue weighted by Gasteiger charge is 2.27. The molecule has 2 rings (SSSR count). The molecule has 3 nitrogen and oxygen atoms in total. The molecular formula is C11H26N2O. The van der Waals surface area contributed by atoms with Gasteiger partial charge in [-0.2, -0.15) is 0 Å².